The van der Waals surface area contributed by atoms with Crippen molar-refractivity contribution in [3.05, 3.63) is 0 Å². The predicted octanol–water partition coefficient (Wildman–Crippen LogP) is 2.77. The van der Waals surface area contributed by atoms with E-state index in [1.165, 1.54) is 78.0 Å². The summed E-state index contributed by atoms with van der Waals surface area (Å²) in [6.07, 6.45) is 5.62. The van der Waals surface area contributed by atoms with Crippen molar-refractivity contribution in [3.63, 3.8) is 0 Å². The standard InChI is InChI=1S/C15H31N3.C2H6/c1-3-7-17-8-4-15(5-9-17)6-10-18-13-11-16(2)12-14-18;1-2/h15H,3-14H2,1-2H3;1-2H3. The van der Waals surface area contributed by atoms with Gasteiger partial charge in [-0.05, 0) is 64.8 Å². The van der Waals surface area contributed by atoms with Crippen molar-refractivity contribution < 1.29 is 0 Å². The first-order valence-electron chi connectivity index (χ1n) is 8.91. The summed E-state index contributed by atoms with van der Waals surface area (Å²) < 4.78 is 0. The van der Waals surface area contributed by atoms with E-state index in [1.54, 1.807) is 0 Å². The second-order valence-electron chi connectivity index (χ2n) is 6.22. The van der Waals surface area contributed by atoms with Crippen LogP contribution in [0, 0.1) is 5.92 Å². The van der Waals surface area contributed by atoms with Crippen LogP contribution in [0.5, 0.6) is 0 Å². The topological polar surface area (TPSA) is 9.72 Å². The maximum absolute atomic E-state index is 2.67. The molecule has 2 saturated heterocycles. The molecule has 0 aromatic carbocycles. The van der Waals surface area contributed by atoms with Crippen molar-refractivity contribution in [2.75, 3.05) is 59.4 Å². The van der Waals surface area contributed by atoms with Crippen LogP contribution in [-0.2, 0) is 0 Å². The lowest BCUT2D eigenvalue weighted by Crippen LogP contribution is -2.45. The van der Waals surface area contributed by atoms with E-state index in [0.717, 1.165) is 5.92 Å². The third-order valence-electron chi connectivity index (χ3n) is 4.70. The van der Waals surface area contributed by atoms with Gasteiger partial charge in [-0.1, -0.05) is 20.8 Å². The minimum absolute atomic E-state index is 0.998. The highest BCUT2D eigenvalue weighted by molar-refractivity contribution is 4.75. The van der Waals surface area contributed by atoms with Crippen LogP contribution in [0.15, 0.2) is 0 Å². The largest absolute Gasteiger partial charge is 0.304 e. The third kappa shape index (κ3) is 6.55. The van der Waals surface area contributed by atoms with E-state index >= 15 is 0 Å². The maximum atomic E-state index is 2.67. The SMILES string of the molecule is CC.CCCN1CCC(CCN2CCN(C)CC2)CC1. The molecular formula is C17H37N3. The van der Waals surface area contributed by atoms with Crippen LogP contribution in [0.4, 0.5) is 0 Å². The fourth-order valence-corrected chi connectivity index (χ4v) is 3.25. The van der Waals surface area contributed by atoms with Gasteiger partial charge in [-0.3, -0.25) is 0 Å². The number of nitrogens with zero attached hydrogens (tertiary/aromatic N) is 3. The molecule has 2 heterocycles. The zero-order valence-electron chi connectivity index (χ0n) is 14.4. The van der Waals surface area contributed by atoms with E-state index in [4.69, 9.17) is 0 Å². The minimum Gasteiger partial charge on any atom is -0.304 e. The van der Waals surface area contributed by atoms with Crippen LogP contribution < -0.4 is 0 Å². The first-order chi connectivity index (χ1) is 9.78. The molecule has 2 rings (SSSR count). The average molecular weight is 284 g/mol. The summed E-state index contributed by atoms with van der Waals surface area (Å²) in [5.41, 5.74) is 0. The predicted molar refractivity (Wildman–Crippen MR) is 89.4 cm³/mol. The third-order valence-corrected chi connectivity index (χ3v) is 4.70. The summed E-state index contributed by atoms with van der Waals surface area (Å²) in [4.78, 5) is 7.75. The fourth-order valence-electron chi connectivity index (χ4n) is 3.25. The lowest BCUT2D eigenvalue weighted by Gasteiger charge is -2.35. The molecule has 0 saturated carbocycles. The Balaban J connectivity index is 0.000000956. The van der Waals surface area contributed by atoms with Gasteiger partial charge in [0.05, 0.1) is 0 Å². The number of rotatable bonds is 5. The van der Waals surface area contributed by atoms with Gasteiger partial charge in [-0.2, -0.15) is 0 Å². The number of hydrogen-bond acceptors (Lipinski definition) is 3. The highest BCUT2D eigenvalue weighted by atomic mass is 15.2. The second-order valence-corrected chi connectivity index (χ2v) is 6.22. The maximum Gasteiger partial charge on any atom is 0.0110 e. The number of piperazine rings is 1. The molecular weight excluding hydrogens is 246 g/mol. The molecule has 2 aliphatic heterocycles. The van der Waals surface area contributed by atoms with Crippen LogP contribution in [0.2, 0.25) is 0 Å². The van der Waals surface area contributed by atoms with Crippen molar-refractivity contribution in [2.45, 2.75) is 46.5 Å². The van der Waals surface area contributed by atoms with Crippen LogP contribution in [-0.4, -0.2) is 74.1 Å². The summed E-state index contributed by atoms with van der Waals surface area (Å²) >= 11 is 0. The number of likely N-dealkylation sites (N-methyl/N-ethyl adjacent to an activating group) is 1. The summed E-state index contributed by atoms with van der Waals surface area (Å²) in [7, 11) is 2.24. The molecule has 0 aliphatic carbocycles. The van der Waals surface area contributed by atoms with Crippen molar-refractivity contribution in [3.8, 4) is 0 Å². The zero-order valence-corrected chi connectivity index (χ0v) is 14.4. The van der Waals surface area contributed by atoms with Crippen LogP contribution in [0.1, 0.15) is 46.5 Å². The summed E-state index contributed by atoms with van der Waals surface area (Å²) in [6, 6.07) is 0. The number of hydrogen-bond donors (Lipinski definition) is 0. The quantitative estimate of drug-likeness (QED) is 0.768. The first-order valence-corrected chi connectivity index (χ1v) is 8.91. The molecule has 0 aromatic rings. The van der Waals surface area contributed by atoms with Gasteiger partial charge in [0.2, 0.25) is 0 Å². The van der Waals surface area contributed by atoms with E-state index in [1.807, 2.05) is 13.8 Å². The lowest BCUT2D eigenvalue weighted by molar-refractivity contribution is 0.130. The van der Waals surface area contributed by atoms with Crippen molar-refractivity contribution in [1.82, 2.24) is 14.7 Å². The highest BCUT2D eigenvalue weighted by Crippen LogP contribution is 2.21. The van der Waals surface area contributed by atoms with Gasteiger partial charge in [-0.15, -0.1) is 0 Å². The van der Waals surface area contributed by atoms with Gasteiger partial charge >= 0.3 is 0 Å². The Morgan fingerprint density at radius 1 is 0.800 bits per heavy atom. The molecule has 0 radical (unpaired) electrons. The summed E-state index contributed by atoms with van der Waals surface area (Å²) in [5.74, 6) is 0.998. The Labute approximate surface area is 127 Å². The Bertz CT molecular complexity index is 216. The van der Waals surface area contributed by atoms with Gasteiger partial charge in [-0.25, -0.2) is 0 Å². The van der Waals surface area contributed by atoms with Crippen molar-refractivity contribution >= 4 is 0 Å². The second kappa shape index (κ2) is 10.6. The Kier molecular flexibility index (Phi) is 9.49. The molecule has 0 unspecified atom stereocenters. The highest BCUT2D eigenvalue weighted by Gasteiger charge is 2.20. The Morgan fingerprint density at radius 2 is 1.35 bits per heavy atom. The minimum atomic E-state index is 0.998. The smallest absolute Gasteiger partial charge is 0.0110 e. The average Bonchev–Trinajstić information content (AvgIpc) is 2.50. The molecule has 120 valence electrons. The lowest BCUT2D eigenvalue weighted by atomic mass is 9.93. The molecule has 0 aromatic heterocycles. The molecule has 2 fully saturated rings. The molecule has 3 nitrogen and oxygen atoms in total. The number of piperidine rings is 1. The normalized spacial score (nSPS) is 23.4. The molecule has 0 N–H and O–H groups in total. The first kappa shape index (κ1) is 17.9. The molecule has 0 bridgehead atoms. The Morgan fingerprint density at radius 3 is 1.90 bits per heavy atom. The molecule has 2 aliphatic rings. The molecule has 20 heavy (non-hydrogen) atoms. The van der Waals surface area contributed by atoms with Gasteiger partial charge in [0.15, 0.2) is 0 Å². The van der Waals surface area contributed by atoms with Crippen LogP contribution in [0.25, 0.3) is 0 Å². The fraction of sp³-hybridized carbons (Fsp3) is 1.00. The van der Waals surface area contributed by atoms with Gasteiger partial charge < -0.3 is 14.7 Å². The van der Waals surface area contributed by atoms with Crippen molar-refractivity contribution in [2.24, 2.45) is 5.92 Å². The van der Waals surface area contributed by atoms with E-state index in [-0.39, 0.29) is 0 Å². The van der Waals surface area contributed by atoms with Gasteiger partial charge in [0, 0.05) is 26.2 Å². The van der Waals surface area contributed by atoms with Crippen LogP contribution in [0.3, 0.4) is 0 Å². The van der Waals surface area contributed by atoms with E-state index in [9.17, 15) is 0 Å². The molecule has 0 amide bonds. The molecule has 0 atom stereocenters. The Hall–Kier alpha value is -0.120. The van der Waals surface area contributed by atoms with Gasteiger partial charge in [0.25, 0.3) is 0 Å². The number of likely N-dealkylation sites (tertiary alicyclic amines) is 1. The molecule has 0 spiro atoms. The van der Waals surface area contributed by atoms with E-state index < -0.39 is 0 Å². The zero-order chi connectivity index (χ0) is 14.8. The van der Waals surface area contributed by atoms with Crippen molar-refractivity contribution in [1.29, 1.82) is 0 Å². The van der Waals surface area contributed by atoms with Crippen LogP contribution >= 0.6 is 0 Å². The van der Waals surface area contributed by atoms with E-state index in [0.29, 0.717) is 0 Å². The van der Waals surface area contributed by atoms with E-state index in [2.05, 4.69) is 28.7 Å². The monoisotopic (exact) mass is 283 g/mol. The van der Waals surface area contributed by atoms with Gasteiger partial charge in [0.1, 0.15) is 0 Å². The summed E-state index contributed by atoms with van der Waals surface area (Å²) in [6.45, 7) is 16.7. The summed E-state index contributed by atoms with van der Waals surface area (Å²) in [5, 5.41) is 0. The molecule has 3 heteroatoms.